The number of benzene rings is 1. The number of aliphatic hydroxyl groups is 1. The molecule has 0 spiro atoms. The van der Waals surface area contributed by atoms with Crippen molar-refractivity contribution in [2.75, 3.05) is 6.61 Å². The number of aromatic nitrogens is 1. The van der Waals surface area contributed by atoms with Crippen LogP contribution in [0, 0.1) is 11.8 Å². The second kappa shape index (κ2) is 7.94. The number of amides is 1. The number of fused-ring (bicyclic) bond motifs is 1. The Balaban J connectivity index is 2.19. The number of rotatable bonds is 8. The van der Waals surface area contributed by atoms with Crippen LogP contribution in [-0.2, 0) is 20.8 Å². The highest BCUT2D eigenvalue weighted by molar-refractivity contribution is 6.03. The summed E-state index contributed by atoms with van der Waals surface area (Å²) in [4.78, 5) is 38.8. The average molecular weight is 346 g/mol. The normalized spacial score (nSPS) is 13.6. The Kier molecular flexibility index (Phi) is 5.93. The van der Waals surface area contributed by atoms with Crippen LogP contribution in [-0.4, -0.2) is 45.5 Å². The molecule has 1 aromatic carbocycles. The van der Waals surface area contributed by atoms with E-state index in [0.29, 0.717) is 0 Å². The lowest BCUT2D eigenvalue weighted by molar-refractivity contribution is -0.145. The van der Waals surface area contributed by atoms with Crippen molar-refractivity contribution >= 4 is 28.6 Å². The Labute approximate surface area is 145 Å². The molecule has 1 aromatic heterocycles. The smallest absolute Gasteiger partial charge is 0.326 e. The zero-order valence-corrected chi connectivity index (χ0v) is 14.2. The van der Waals surface area contributed by atoms with Gasteiger partial charge in [0.2, 0.25) is 5.91 Å². The van der Waals surface area contributed by atoms with E-state index in [2.05, 4.69) is 10.3 Å². The Hall–Kier alpha value is -2.67. The summed E-state index contributed by atoms with van der Waals surface area (Å²) >= 11 is 0. The number of Topliss-reactive ketones (excluding diaryl/α,β-unsaturated/α-hetero) is 1. The SMILES string of the molecule is CC(C)C(C(=O)CO)C(=O)N[C@@H](Cc1c[nH]c2ccccc12)C(=O)O. The zero-order valence-electron chi connectivity index (χ0n) is 14.2. The van der Waals surface area contributed by atoms with Crippen LogP contribution >= 0.6 is 0 Å². The van der Waals surface area contributed by atoms with Crippen molar-refractivity contribution in [2.24, 2.45) is 11.8 Å². The van der Waals surface area contributed by atoms with E-state index >= 15 is 0 Å². The number of carboxylic acid groups (broad SMARTS) is 1. The topological polar surface area (TPSA) is 119 Å². The molecule has 0 aliphatic carbocycles. The third-order valence-corrected chi connectivity index (χ3v) is 4.17. The molecule has 2 rings (SSSR count). The molecule has 7 nitrogen and oxygen atoms in total. The third-order valence-electron chi connectivity index (χ3n) is 4.17. The van der Waals surface area contributed by atoms with E-state index in [1.807, 2.05) is 24.3 Å². The third kappa shape index (κ3) is 4.24. The maximum atomic E-state index is 12.4. The van der Waals surface area contributed by atoms with Gasteiger partial charge in [-0.05, 0) is 17.5 Å². The summed E-state index contributed by atoms with van der Waals surface area (Å²) < 4.78 is 0. The average Bonchev–Trinajstić information content (AvgIpc) is 2.97. The highest BCUT2D eigenvalue weighted by Crippen LogP contribution is 2.20. The summed E-state index contributed by atoms with van der Waals surface area (Å²) in [6.07, 6.45) is 1.80. The Morgan fingerprint density at radius 2 is 1.88 bits per heavy atom. The van der Waals surface area contributed by atoms with Crippen LogP contribution < -0.4 is 5.32 Å². The number of hydrogen-bond acceptors (Lipinski definition) is 4. The fourth-order valence-electron chi connectivity index (χ4n) is 2.90. The fourth-order valence-corrected chi connectivity index (χ4v) is 2.90. The number of aromatic amines is 1. The van der Waals surface area contributed by atoms with Crippen LogP contribution in [0.4, 0.5) is 0 Å². The lowest BCUT2D eigenvalue weighted by Gasteiger charge is -2.21. The van der Waals surface area contributed by atoms with E-state index < -0.39 is 36.2 Å². The highest BCUT2D eigenvalue weighted by Gasteiger charge is 2.32. The molecule has 0 bridgehead atoms. The maximum absolute atomic E-state index is 12.4. The van der Waals surface area contributed by atoms with Crippen molar-refractivity contribution < 1.29 is 24.6 Å². The highest BCUT2D eigenvalue weighted by atomic mass is 16.4. The molecule has 0 saturated carbocycles. The van der Waals surface area contributed by atoms with E-state index in [9.17, 15) is 19.5 Å². The van der Waals surface area contributed by atoms with E-state index in [0.717, 1.165) is 16.5 Å². The Morgan fingerprint density at radius 1 is 1.20 bits per heavy atom. The van der Waals surface area contributed by atoms with Crippen molar-refractivity contribution in [2.45, 2.75) is 26.3 Å². The first-order valence-corrected chi connectivity index (χ1v) is 8.06. The number of carboxylic acids is 1. The molecule has 0 saturated heterocycles. The minimum absolute atomic E-state index is 0.0865. The number of hydrogen-bond donors (Lipinski definition) is 4. The minimum atomic E-state index is -1.18. The minimum Gasteiger partial charge on any atom is -0.480 e. The Bertz CT molecular complexity index is 781. The van der Waals surface area contributed by atoms with Gasteiger partial charge < -0.3 is 20.5 Å². The largest absolute Gasteiger partial charge is 0.480 e. The first-order valence-electron chi connectivity index (χ1n) is 8.06. The van der Waals surface area contributed by atoms with Crippen LogP contribution in [0.25, 0.3) is 10.9 Å². The second-order valence-electron chi connectivity index (χ2n) is 6.31. The number of nitrogens with one attached hydrogen (secondary N) is 2. The summed E-state index contributed by atoms with van der Waals surface area (Å²) in [6.45, 7) is 2.59. The van der Waals surface area contributed by atoms with E-state index in [1.165, 1.54) is 0 Å². The first-order chi connectivity index (χ1) is 11.8. The van der Waals surface area contributed by atoms with Gasteiger partial charge in [-0.25, -0.2) is 4.79 Å². The second-order valence-corrected chi connectivity index (χ2v) is 6.31. The molecule has 2 atom stereocenters. The number of carbonyl (C=O) groups excluding carboxylic acids is 2. The predicted molar refractivity (Wildman–Crippen MR) is 92.0 cm³/mol. The van der Waals surface area contributed by atoms with Crippen molar-refractivity contribution in [3.63, 3.8) is 0 Å². The van der Waals surface area contributed by atoms with Gasteiger partial charge in [-0.3, -0.25) is 9.59 Å². The van der Waals surface area contributed by atoms with Crippen LogP contribution in [0.2, 0.25) is 0 Å². The summed E-state index contributed by atoms with van der Waals surface area (Å²) in [7, 11) is 0. The van der Waals surface area contributed by atoms with E-state index in [4.69, 9.17) is 5.11 Å². The van der Waals surface area contributed by atoms with E-state index in [-0.39, 0.29) is 12.3 Å². The fraction of sp³-hybridized carbons (Fsp3) is 0.389. The van der Waals surface area contributed by atoms with Crippen LogP contribution in [0.15, 0.2) is 30.5 Å². The number of H-pyrrole nitrogens is 1. The molecule has 0 fully saturated rings. The van der Waals surface area contributed by atoms with Gasteiger partial charge in [-0.2, -0.15) is 0 Å². The van der Waals surface area contributed by atoms with Gasteiger partial charge in [0.1, 0.15) is 18.6 Å². The lowest BCUT2D eigenvalue weighted by atomic mass is 9.90. The molecular formula is C18H22N2O5. The molecular weight excluding hydrogens is 324 g/mol. The van der Waals surface area contributed by atoms with Gasteiger partial charge in [0, 0.05) is 23.5 Å². The summed E-state index contributed by atoms with van der Waals surface area (Å²) in [5.41, 5.74) is 1.64. The van der Waals surface area contributed by atoms with Gasteiger partial charge in [0.25, 0.3) is 0 Å². The van der Waals surface area contributed by atoms with Crippen molar-refractivity contribution in [3.8, 4) is 0 Å². The molecule has 4 N–H and O–H groups in total. The maximum Gasteiger partial charge on any atom is 0.326 e. The Morgan fingerprint density at radius 3 is 2.48 bits per heavy atom. The molecule has 0 aliphatic heterocycles. The lowest BCUT2D eigenvalue weighted by Crippen LogP contribution is -2.48. The zero-order chi connectivity index (χ0) is 18.6. The molecule has 7 heteroatoms. The number of aliphatic carboxylic acids is 1. The number of carbonyl (C=O) groups is 3. The van der Waals surface area contributed by atoms with Gasteiger partial charge >= 0.3 is 5.97 Å². The number of aliphatic hydroxyl groups excluding tert-OH is 1. The van der Waals surface area contributed by atoms with Gasteiger partial charge in [-0.15, -0.1) is 0 Å². The molecule has 1 heterocycles. The number of ketones is 1. The molecule has 1 unspecified atom stereocenters. The first kappa shape index (κ1) is 18.7. The monoisotopic (exact) mass is 346 g/mol. The van der Waals surface area contributed by atoms with Crippen molar-refractivity contribution in [1.82, 2.24) is 10.3 Å². The van der Waals surface area contributed by atoms with Crippen LogP contribution in [0.3, 0.4) is 0 Å². The van der Waals surface area contributed by atoms with Crippen molar-refractivity contribution in [1.29, 1.82) is 0 Å². The predicted octanol–water partition coefficient (Wildman–Crippen LogP) is 1.11. The number of para-hydroxylation sites is 1. The van der Waals surface area contributed by atoms with E-state index in [1.54, 1.807) is 20.0 Å². The molecule has 25 heavy (non-hydrogen) atoms. The standard InChI is InChI=1S/C18H22N2O5/c1-10(2)16(15(22)9-21)17(23)20-14(18(24)25)7-11-8-19-13-6-4-3-5-12(11)13/h3-6,8,10,14,16,19,21H,7,9H2,1-2H3,(H,20,23)(H,24,25)/t14-,16?/m0/s1. The summed E-state index contributed by atoms with van der Waals surface area (Å²) in [5, 5.41) is 21.8. The van der Waals surface area contributed by atoms with Gasteiger partial charge in [-0.1, -0.05) is 32.0 Å². The van der Waals surface area contributed by atoms with Crippen LogP contribution in [0.1, 0.15) is 19.4 Å². The van der Waals surface area contributed by atoms with Gasteiger partial charge in [0.15, 0.2) is 5.78 Å². The van der Waals surface area contributed by atoms with Crippen molar-refractivity contribution in [3.05, 3.63) is 36.0 Å². The molecule has 0 radical (unpaired) electrons. The summed E-state index contributed by atoms with van der Waals surface area (Å²) in [6, 6.07) is 6.30. The molecule has 1 amide bonds. The molecule has 2 aromatic rings. The van der Waals surface area contributed by atoms with Crippen LogP contribution in [0.5, 0.6) is 0 Å². The summed E-state index contributed by atoms with van der Waals surface area (Å²) in [5.74, 6) is -3.90. The quantitative estimate of drug-likeness (QED) is 0.534. The molecule has 0 aliphatic rings. The van der Waals surface area contributed by atoms with Gasteiger partial charge in [0.05, 0.1) is 0 Å². The molecule has 134 valence electrons.